The lowest BCUT2D eigenvalue weighted by molar-refractivity contribution is -0.141. The summed E-state index contributed by atoms with van der Waals surface area (Å²) in [6, 6.07) is 0.965. The van der Waals surface area contributed by atoms with E-state index in [1.807, 2.05) is 0 Å². The van der Waals surface area contributed by atoms with Gasteiger partial charge in [0, 0.05) is 11.9 Å². The first-order chi connectivity index (χ1) is 8.00. The molecule has 0 fully saturated rings. The molecule has 18 heavy (non-hydrogen) atoms. The summed E-state index contributed by atoms with van der Waals surface area (Å²) in [5.74, 6) is -0.390. The zero-order chi connectivity index (χ0) is 14.1. The second-order valence-electron chi connectivity index (χ2n) is 4.46. The van der Waals surface area contributed by atoms with E-state index in [-0.39, 0.29) is 18.2 Å². The van der Waals surface area contributed by atoms with Crippen LogP contribution >= 0.6 is 0 Å². The molecule has 0 aliphatic rings. The van der Waals surface area contributed by atoms with Crippen LogP contribution in [0, 0.1) is 0 Å². The average molecular weight is 284 g/mol. The summed E-state index contributed by atoms with van der Waals surface area (Å²) in [5.41, 5.74) is -0.606. The molecule has 0 amide bonds. The fourth-order valence-corrected chi connectivity index (χ4v) is 1.97. The van der Waals surface area contributed by atoms with Gasteiger partial charge in [-0.2, -0.15) is 18.3 Å². The molecule has 0 saturated carbocycles. The molecule has 1 aromatic heterocycles. The van der Waals surface area contributed by atoms with Crippen molar-refractivity contribution in [3.63, 3.8) is 0 Å². The standard InChI is InChI=1S/C10H15F3N2O2S/c1-7(2)8-6-9(10(11,12)13)14-15(8)4-5-18(3,16)17/h6-7H,4-5H2,1-3H3. The molecule has 0 aromatic carbocycles. The molecule has 1 aromatic rings. The molecule has 0 aliphatic heterocycles. The summed E-state index contributed by atoms with van der Waals surface area (Å²) in [5, 5.41) is 3.43. The quantitative estimate of drug-likeness (QED) is 0.850. The highest BCUT2D eigenvalue weighted by atomic mass is 32.2. The molecule has 1 rings (SSSR count). The molecule has 0 radical (unpaired) electrons. The van der Waals surface area contributed by atoms with Gasteiger partial charge in [0.15, 0.2) is 5.69 Å². The van der Waals surface area contributed by atoms with Crippen LogP contribution in [0.2, 0.25) is 0 Å². The van der Waals surface area contributed by atoms with Gasteiger partial charge >= 0.3 is 6.18 Å². The third-order valence-corrected chi connectivity index (χ3v) is 3.29. The zero-order valence-electron chi connectivity index (χ0n) is 10.3. The van der Waals surface area contributed by atoms with Gasteiger partial charge in [-0.15, -0.1) is 0 Å². The molecule has 0 saturated heterocycles. The van der Waals surface area contributed by atoms with E-state index >= 15 is 0 Å². The number of hydrogen-bond donors (Lipinski definition) is 0. The highest BCUT2D eigenvalue weighted by Crippen LogP contribution is 2.30. The predicted octanol–water partition coefficient (Wildman–Crippen LogP) is 2.07. The summed E-state index contributed by atoms with van der Waals surface area (Å²) in [6.07, 6.45) is -3.48. The molecule has 0 atom stereocenters. The number of halogens is 3. The summed E-state index contributed by atoms with van der Waals surface area (Å²) in [6.45, 7) is 3.39. The minimum atomic E-state index is -4.51. The molecule has 0 N–H and O–H groups in total. The van der Waals surface area contributed by atoms with Crippen LogP contribution in [0.25, 0.3) is 0 Å². The Morgan fingerprint density at radius 3 is 2.33 bits per heavy atom. The Labute approximate surface area is 104 Å². The van der Waals surface area contributed by atoms with Crippen molar-refractivity contribution in [2.24, 2.45) is 0 Å². The smallest absolute Gasteiger partial charge is 0.268 e. The van der Waals surface area contributed by atoms with Gasteiger partial charge in [-0.3, -0.25) is 4.68 Å². The van der Waals surface area contributed by atoms with Gasteiger partial charge in [-0.25, -0.2) is 8.42 Å². The Balaban J connectivity index is 3.06. The number of aromatic nitrogens is 2. The van der Waals surface area contributed by atoms with E-state index < -0.39 is 21.7 Å². The van der Waals surface area contributed by atoms with Gasteiger partial charge < -0.3 is 0 Å². The Morgan fingerprint density at radius 1 is 1.39 bits per heavy atom. The summed E-state index contributed by atoms with van der Waals surface area (Å²) >= 11 is 0. The van der Waals surface area contributed by atoms with Crippen LogP contribution in [-0.4, -0.2) is 30.2 Å². The van der Waals surface area contributed by atoms with Crippen molar-refractivity contribution in [2.75, 3.05) is 12.0 Å². The maximum absolute atomic E-state index is 12.5. The number of sulfone groups is 1. The van der Waals surface area contributed by atoms with Gasteiger partial charge in [0.2, 0.25) is 0 Å². The monoisotopic (exact) mass is 284 g/mol. The van der Waals surface area contributed by atoms with E-state index in [0.29, 0.717) is 5.69 Å². The lowest BCUT2D eigenvalue weighted by atomic mass is 10.1. The van der Waals surface area contributed by atoms with Crippen LogP contribution in [0.5, 0.6) is 0 Å². The fourth-order valence-electron chi connectivity index (χ4n) is 1.47. The average Bonchev–Trinajstić information content (AvgIpc) is 2.56. The topological polar surface area (TPSA) is 52.0 Å². The molecule has 104 valence electrons. The van der Waals surface area contributed by atoms with Crippen molar-refractivity contribution in [1.29, 1.82) is 0 Å². The lowest BCUT2D eigenvalue weighted by Gasteiger charge is -2.08. The Morgan fingerprint density at radius 2 is 1.94 bits per heavy atom. The van der Waals surface area contributed by atoms with Crippen LogP contribution in [0.3, 0.4) is 0 Å². The number of rotatable bonds is 4. The number of aryl methyl sites for hydroxylation is 1. The zero-order valence-corrected chi connectivity index (χ0v) is 11.1. The van der Waals surface area contributed by atoms with Crippen LogP contribution in [0.1, 0.15) is 31.2 Å². The summed E-state index contributed by atoms with van der Waals surface area (Å²) < 4.78 is 60.7. The maximum Gasteiger partial charge on any atom is 0.435 e. The van der Waals surface area contributed by atoms with Gasteiger partial charge in [-0.1, -0.05) is 13.8 Å². The van der Waals surface area contributed by atoms with Crippen LogP contribution in [-0.2, 0) is 22.6 Å². The first-order valence-corrected chi connectivity index (χ1v) is 7.39. The summed E-state index contributed by atoms with van der Waals surface area (Å²) in [4.78, 5) is 0. The third-order valence-electron chi connectivity index (χ3n) is 2.37. The first kappa shape index (κ1) is 15.0. The lowest BCUT2D eigenvalue weighted by Crippen LogP contribution is -2.15. The normalized spacial score (nSPS) is 13.3. The second kappa shape index (κ2) is 4.91. The van der Waals surface area contributed by atoms with Crippen molar-refractivity contribution in [3.05, 3.63) is 17.5 Å². The van der Waals surface area contributed by atoms with E-state index in [9.17, 15) is 21.6 Å². The third kappa shape index (κ3) is 4.01. The molecule has 0 unspecified atom stereocenters. The Kier molecular flexibility index (Phi) is 4.09. The van der Waals surface area contributed by atoms with Crippen molar-refractivity contribution in [1.82, 2.24) is 9.78 Å². The van der Waals surface area contributed by atoms with Crippen LogP contribution in [0.4, 0.5) is 13.2 Å². The number of nitrogens with zero attached hydrogens (tertiary/aromatic N) is 2. The van der Waals surface area contributed by atoms with Crippen LogP contribution < -0.4 is 0 Å². The molecule has 0 aliphatic carbocycles. The largest absolute Gasteiger partial charge is 0.435 e. The van der Waals surface area contributed by atoms with Crippen molar-refractivity contribution >= 4 is 9.84 Å². The molecule has 0 spiro atoms. The van der Waals surface area contributed by atoms with Crippen molar-refractivity contribution in [2.45, 2.75) is 32.5 Å². The van der Waals surface area contributed by atoms with E-state index in [1.165, 1.54) is 0 Å². The first-order valence-electron chi connectivity index (χ1n) is 5.33. The molecule has 0 bridgehead atoms. The number of hydrogen-bond acceptors (Lipinski definition) is 3. The van der Waals surface area contributed by atoms with E-state index in [4.69, 9.17) is 0 Å². The predicted molar refractivity (Wildman–Crippen MR) is 61.0 cm³/mol. The minimum Gasteiger partial charge on any atom is -0.268 e. The molecular weight excluding hydrogens is 269 g/mol. The van der Waals surface area contributed by atoms with E-state index in [0.717, 1.165) is 17.0 Å². The molecule has 4 nitrogen and oxygen atoms in total. The molecular formula is C10H15F3N2O2S. The minimum absolute atomic E-state index is 0.0670. The van der Waals surface area contributed by atoms with Crippen molar-refractivity contribution in [3.8, 4) is 0 Å². The van der Waals surface area contributed by atoms with Gasteiger partial charge in [0.25, 0.3) is 0 Å². The van der Waals surface area contributed by atoms with E-state index in [1.54, 1.807) is 13.8 Å². The number of alkyl halides is 3. The molecule has 8 heteroatoms. The molecule has 1 heterocycles. The highest BCUT2D eigenvalue weighted by Gasteiger charge is 2.35. The highest BCUT2D eigenvalue weighted by molar-refractivity contribution is 7.90. The maximum atomic E-state index is 12.5. The Hall–Kier alpha value is -1.05. The van der Waals surface area contributed by atoms with E-state index in [2.05, 4.69) is 5.10 Å². The van der Waals surface area contributed by atoms with Crippen LogP contribution in [0.15, 0.2) is 6.07 Å². The van der Waals surface area contributed by atoms with Crippen molar-refractivity contribution < 1.29 is 21.6 Å². The van der Waals surface area contributed by atoms with Gasteiger partial charge in [-0.05, 0) is 12.0 Å². The summed E-state index contributed by atoms with van der Waals surface area (Å²) in [7, 11) is -3.23. The second-order valence-corrected chi connectivity index (χ2v) is 6.72. The van der Waals surface area contributed by atoms with Gasteiger partial charge in [0.05, 0.1) is 12.3 Å². The SMILES string of the molecule is CC(C)c1cc(C(F)(F)F)nn1CCS(C)(=O)=O. The fraction of sp³-hybridized carbons (Fsp3) is 0.700. The van der Waals surface area contributed by atoms with Gasteiger partial charge in [0.1, 0.15) is 9.84 Å². The Bertz CT molecular complexity index is 518.